The molecule has 0 spiro atoms. The van der Waals surface area contributed by atoms with E-state index in [0.29, 0.717) is 0 Å². The molecule has 0 saturated carbocycles. The van der Waals surface area contributed by atoms with Crippen LogP contribution in [0.1, 0.15) is 0 Å². The molecule has 3 N–H and O–H groups in total. The second-order valence-electron chi connectivity index (χ2n) is 0.551. The molecule has 6 nitrogen and oxygen atoms in total. The van der Waals surface area contributed by atoms with Crippen LogP contribution in [0.5, 0.6) is 0 Å². The first kappa shape index (κ1) is 22.5. The molecule has 0 amide bonds. The fraction of sp³-hybridized carbons (Fsp3) is 0. The maximum absolute atomic E-state index is 8.44. The summed E-state index contributed by atoms with van der Waals surface area (Å²) >= 11 is -3.11. The average molecular weight is 358 g/mol. The summed E-state index contributed by atoms with van der Waals surface area (Å²) in [6, 6.07) is 0. The molecule has 0 unspecified atom stereocenters. The van der Waals surface area contributed by atoms with E-state index in [1.54, 1.807) is 0 Å². The summed E-state index contributed by atoms with van der Waals surface area (Å²) in [6.07, 6.45) is 0. The van der Waals surface area contributed by atoms with Crippen LogP contribution in [0.2, 0.25) is 0 Å². The van der Waals surface area contributed by atoms with E-state index in [2.05, 4.69) is 0 Å². The summed E-state index contributed by atoms with van der Waals surface area (Å²) in [6.45, 7) is 0. The van der Waals surface area contributed by atoms with E-state index in [9.17, 15) is 0 Å². The Balaban J connectivity index is -0.0000000300. The maximum atomic E-state index is 8.44. The Bertz CT molecular complexity index is 60.0. The molecule has 10 heavy (non-hydrogen) atoms. The van der Waals surface area contributed by atoms with E-state index < -0.39 is 18.7 Å². The molecule has 0 bridgehead atoms. The summed E-state index contributed by atoms with van der Waals surface area (Å²) in [4.78, 5) is 0. The molecule has 0 heterocycles. The van der Waals surface area contributed by atoms with Crippen LogP contribution < -0.4 is 0 Å². The number of hydrogen-bond donors (Lipinski definition) is 3. The van der Waals surface area contributed by atoms with Crippen molar-refractivity contribution >= 4 is 18.7 Å². The monoisotopic (exact) mass is 356 g/mol. The molecule has 10 heteroatoms. The van der Waals surface area contributed by atoms with Crippen molar-refractivity contribution in [3.8, 4) is 0 Å². The van der Waals surface area contributed by atoms with E-state index in [-0.39, 0.29) is 44.8 Å². The van der Waals surface area contributed by atoms with Gasteiger partial charge in [0.1, 0.15) is 0 Å². The van der Waals surface area contributed by atoms with Gasteiger partial charge in [-0.05, 0) is 0 Å². The summed E-state index contributed by atoms with van der Waals surface area (Å²) < 4.78 is 25.3. The predicted molar refractivity (Wildman–Crippen MR) is 22.1 cm³/mol. The first-order chi connectivity index (χ1) is 3.46. The Kier molecular flexibility index (Phi) is 38.0. The minimum absolute atomic E-state index is 0. The second kappa shape index (κ2) is 16.8. The number of hydrogen-bond acceptors (Lipinski definition) is 6. The first-order valence-electron chi connectivity index (χ1n) is 1.27. The summed E-state index contributed by atoms with van der Waals surface area (Å²) in [7, 11) is -2.17. The molecule has 0 aliphatic heterocycles. The molecule has 0 aromatic heterocycles. The van der Waals surface area contributed by atoms with E-state index in [0.717, 1.165) is 0 Å². The van der Waals surface area contributed by atoms with Crippen LogP contribution in [-0.4, -0.2) is 35.7 Å². The minimum atomic E-state index is -3.11. The van der Waals surface area contributed by atoms with Gasteiger partial charge in [0.25, 0.3) is 0 Å². The summed E-state index contributed by atoms with van der Waals surface area (Å²) in [5, 5.41) is 21.5. The normalized spacial score (nSPS) is 6.20. The van der Waals surface area contributed by atoms with Crippen molar-refractivity contribution in [1.82, 2.24) is 0 Å². The van der Waals surface area contributed by atoms with Gasteiger partial charge < -0.3 is 24.2 Å². The van der Waals surface area contributed by atoms with Gasteiger partial charge in [0.05, 0.1) is 0 Å². The van der Waals surface area contributed by atoms with Gasteiger partial charge in [0.2, 0.25) is 0 Å². The molecule has 70 valence electrons. The Morgan fingerprint density at radius 1 is 1.10 bits per heavy atom. The number of rotatable bonds is 0. The maximum Gasteiger partial charge on any atom is 1.00 e. The van der Waals surface area contributed by atoms with Gasteiger partial charge in [-0.3, -0.25) is 4.21 Å². The van der Waals surface area contributed by atoms with Crippen LogP contribution in [0.25, 0.3) is 0 Å². The topological polar surface area (TPSA) is 124 Å². The molecular weight excluding hydrogens is 355 g/mol. The van der Waals surface area contributed by atoms with Crippen molar-refractivity contribution in [3.05, 3.63) is 0 Å². The summed E-state index contributed by atoms with van der Waals surface area (Å²) in [5.41, 5.74) is 0. The van der Waals surface area contributed by atoms with E-state index in [4.69, 9.17) is 28.4 Å². The van der Waals surface area contributed by atoms with Gasteiger partial charge in [-0.25, -0.2) is 0 Å². The minimum Gasteiger partial charge on any atom is -0.784 e. The van der Waals surface area contributed by atoms with Crippen LogP contribution in [0, 0.1) is 0 Å². The SMILES string of the molecule is O=S([O-])[O-].OB(O)O.[Ag+].[Ag+]. The van der Waals surface area contributed by atoms with E-state index >= 15 is 0 Å². The van der Waals surface area contributed by atoms with Crippen LogP contribution in [-0.2, 0) is 56.1 Å². The molecule has 0 atom stereocenters. The molecule has 0 rings (SSSR count). The quantitative estimate of drug-likeness (QED) is 0.312. The third kappa shape index (κ3) is 306. The van der Waals surface area contributed by atoms with E-state index in [1.165, 1.54) is 0 Å². The van der Waals surface area contributed by atoms with Crippen LogP contribution in [0.3, 0.4) is 0 Å². The second-order valence-corrected chi connectivity index (χ2v) is 0.959. The third-order valence-corrected chi connectivity index (χ3v) is 0. The molecule has 0 fully saturated rings. The van der Waals surface area contributed by atoms with Gasteiger partial charge in [0, 0.05) is 0 Å². The predicted octanol–water partition coefficient (Wildman–Crippen LogP) is -3.06. The van der Waals surface area contributed by atoms with Crippen molar-refractivity contribution in [2.45, 2.75) is 0 Å². The zero-order valence-electron chi connectivity index (χ0n) is 4.16. The van der Waals surface area contributed by atoms with Gasteiger partial charge in [-0.1, -0.05) is 0 Å². The Labute approximate surface area is 91.3 Å². The van der Waals surface area contributed by atoms with Gasteiger partial charge >= 0.3 is 52.1 Å². The Morgan fingerprint density at radius 2 is 1.10 bits per heavy atom. The Hall–Kier alpha value is 1.50. The summed E-state index contributed by atoms with van der Waals surface area (Å²) in [5.74, 6) is 0. The fourth-order valence-electron chi connectivity index (χ4n) is 0. The Morgan fingerprint density at radius 3 is 1.10 bits per heavy atom. The molecule has 0 radical (unpaired) electrons. The van der Waals surface area contributed by atoms with Gasteiger partial charge in [-0.2, -0.15) is 0 Å². The molecule has 0 aromatic rings. The van der Waals surface area contributed by atoms with Crippen molar-refractivity contribution < 1.29 is 73.1 Å². The zero-order chi connectivity index (χ0) is 7.15. The van der Waals surface area contributed by atoms with Crippen LogP contribution >= 0.6 is 0 Å². The smallest absolute Gasteiger partial charge is 0.784 e. The fourth-order valence-corrected chi connectivity index (χ4v) is 0. The first-order valence-corrected chi connectivity index (χ1v) is 2.27. The standard InChI is InChI=1S/2Ag.BH3O3.H2O3S/c;;2-1(3)4;1-4(2)3/h;;2-4H;(H2,1,2,3)/q2*+1;;/p-2. The van der Waals surface area contributed by atoms with Crippen molar-refractivity contribution in [3.63, 3.8) is 0 Å². The van der Waals surface area contributed by atoms with E-state index in [1.807, 2.05) is 0 Å². The van der Waals surface area contributed by atoms with Crippen molar-refractivity contribution in [1.29, 1.82) is 0 Å². The average Bonchev–Trinajstić information content (AvgIpc) is 1.25. The van der Waals surface area contributed by atoms with Crippen molar-refractivity contribution in [2.24, 2.45) is 0 Å². The van der Waals surface area contributed by atoms with Gasteiger partial charge in [0.15, 0.2) is 0 Å². The molecule has 0 saturated heterocycles. The molecule has 0 aliphatic rings. The molecule has 0 aromatic carbocycles. The van der Waals surface area contributed by atoms with Crippen LogP contribution in [0.15, 0.2) is 0 Å². The molecular formula is H3Ag2BO6S. The molecule has 0 aliphatic carbocycles. The largest absolute Gasteiger partial charge is 1.00 e. The zero-order valence-corrected chi connectivity index (χ0v) is 7.94. The van der Waals surface area contributed by atoms with Crippen LogP contribution in [0.4, 0.5) is 0 Å². The van der Waals surface area contributed by atoms with Crippen molar-refractivity contribution in [2.75, 3.05) is 0 Å². The van der Waals surface area contributed by atoms with Gasteiger partial charge in [-0.15, -0.1) is 11.4 Å². The third-order valence-electron chi connectivity index (χ3n) is 0.